The van der Waals surface area contributed by atoms with Crippen LogP contribution in [-0.2, 0) is 22.7 Å². The summed E-state index contributed by atoms with van der Waals surface area (Å²) < 4.78 is 5.04. The average molecular weight is 299 g/mol. The molecule has 21 heavy (non-hydrogen) atoms. The fourth-order valence-corrected chi connectivity index (χ4v) is 3.98. The van der Waals surface area contributed by atoms with Gasteiger partial charge in [0.2, 0.25) is 0 Å². The molecule has 0 aliphatic rings. The van der Waals surface area contributed by atoms with Crippen LogP contribution in [0.15, 0.2) is 48.5 Å². The summed E-state index contributed by atoms with van der Waals surface area (Å²) in [5.74, 6) is -0.266. The van der Waals surface area contributed by atoms with Gasteiger partial charge in [0.25, 0.3) is 0 Å². The van der Waals surface area contributed by atoms with E-state index in [0.29, 0.717) is 6.61 Å². The molecule has 0 saturated carbocycles. The molecular formula is C17H19O3Si. The summed E-state index contributed by atoms with van der Waals surface area (Å²) >= 11 is 0. The van der Waals surface area contributed by atoms with Gasteiger partial charge in [-0.15, -0.1) is 0 Å². The van der Waals surface area contributed by atoms with Gasteiger partial charge >= 0.3 is 5.97 Å². The minimum Gasteiger partial charge on any atom is -0.461 e. The van der Waals surface area contributed by atoms with E-state index >= 15 is 0 Å². The van der Waals surface area contributed by atoms with Crippen LogP contribution in [0.25, 0.3) is 0 Å². The highest BCUT2D eigenvalue weighted by molar-refractivity contribution is 6.84. The molecule has 0 spiro atoms. The summed E-state index contributed by atoms with van der Waals surface area (Å²) in [6, 6.07) is 16.2. The van der Waals surface area contributed by atoms with Crippen molar-refractivity contribution < 1.29 is 14.6 Å². The van der Waals surface area contributed by atoms with Crippen molar-refractivity contribution in [3.05, 3.63) is 59.7 Å². The van der Waals surface area contributed by atoms with Gasteiger partial charge < -0.3 is 9.84 Å². The Labute approximate surface area is 126 Å². The highest BCUT2D eigenvalue weighted by atomic mass is 28.3. The summed E-state index contributed by atoms with van der Waals surface area (Å²) in [6.45, 7) is 4.02. The quantitative estimate of drug-likeness (QED) is 0.672. The molecule has 0 aliphatic carbocycles. The maximum Gasteiger partial charge on any atom is 0.302 e. The van der Waals surface area contributed by atoms with Gasteiger partial charge in [-0.05, 0) is 11.1 Å². The molecule has 1 radical (unpaired) electrons. The molecule has 2 aromatic rings. The first-order chi connectivity index (χ1) is 10.1. The van der Waals surface area contributed by atoms with Crippen LogP contribution in [-0.4, -0.2) is 19.9 Å². The molecule has 0 saturated heterocycles. The van der Waals surface area contributed by atoms with Gasteiger partial charge in [0, 0.05) is 6.92 Å². The minimum atomic E-state index is -0.888. The van der Waals surface area contributed by atoms with Crippen molar-refractivity contribution in [3.63, 3.8) is 0 Å². The highest BCUT2D eigenvalue weighted by Crippen LogP contribution is 2.03. The lowest BCUT2D eigenvalue weighted by atomic mass is 10.2. The van der Waals surface area contributed by atoms with E-state index in [9.17, 15) is 9.90 Å². The number of aliphatic hydroxyl groups is 1. The number of aliphatic hydroxyl groups excluding tert-OH is 1. The fourth-order valence-electron chi connectivity index (χ4n) is 2.15. The molecule has 0 aromatic heterocycles. The van der Waals surface area contributed by atoms with Crippen molar-refractivity contribution in [2.45, 2.75) is 26.7 Å². The molecule has 109 valence electrons. The summed E-state index contributed by atoms with van der Waals surface area (Å²) in [7, 11) is -0.888. The van der Waals surface area contributed by atoms with E-state index in [-0.39, 0.29) is 12.6 Å². The lowest BCUT2D eigenvalue weighted by Crippen LogP contribution is -2.39. The predicted molar refractivity (Wildman–Crippen MR) is 85.2 cm³/mol. The van der Waals surface area contributed by atoms with E-state index in [2.05, 4.69) is 30.8 Å². The molecule has 0 atom stereocenters. The molecule has 4 heteroatoms. The monoisotopic (exact) mass is 299 g/mol. The second-order valence-electron chi connectivity index (χ2n) is 4.96. The third-order valence-electron chi connectivity index (χ3n) is 3.34. The van der Waals surface area contributed by atoms with Crippen molar-refractivity contribution in [2.24, 2.45) is 0 Å². The molecule has 2 rings (SSSR count). The van der Waals surface area contributed by atoms with E-state index in [4.69, 9.17) is 4.74 Å². The second kappa shape index (κ2) is 7.20. The van der Waals surface area contributed by atoms with E-state index in [1.165, 1.54) is 17.3 Å². The molecule has 0 fully saturated rings. The molecule has 0 aliphatic heterocycles. The number of esters is 1. The Kier molecular flexibility index (Phi) is 5.30. The number of carbonyl (C=O) groups is 1. The smallest absolute Gasteiger partial charge is 0.302 e. The maximum absolute atomic E-state index is 10.9. The first kappa shape index (κ1) is 15.5. The molecule has 0 amide bonds. The predicted octanol–water partition coefficient (Wildman–Crippen LogP) is 1.48. The average Bonchev–Trinajstić information content (AvgIpc) is 2.52. The van der Waals surface area contributed by atoms with Crippen LogP contribution < -0.4 is 10.4 Å². The summed E-state index contributed by atoms with van der Waals surface area (Å²) in [5, 5.41) is 11.8. The number of hydrogen-bond acceptors (Lipinski definition) is 3. The molecule has 1 N–H and O–H groups in total. The fraction of sp³-hybridized carbons (Fsp3) is 0.235. The Bertz CT molecular complexity index is 625. The van der Waals surface area contributed by atoms with Crippen LogP contribution in [0.4, 0.5) is 0 Å². The van der Waals surface area contributed by atoms with Crippen molar-refractivity contribution in [2.75, 3.05) is 0 Å². The van der Waals surface area contributed by atoms with Crippen molar-refractivity contribution in [1.29, 1.82) is 0 Å². The summed E-state index contributed by atoms with van der Waals surface area (Å²) in [6.07, 6.45) is 0. The van der Waals surface area contributed by atoms with Gasteiger partial charge in [-0.3, -0.25) is 4.79 Å². The van der Waals surface area contributed by atoms with E-state index in [0.717, 1.165) is 11.1 Å². The van der Waals surface area contributed by atoms with Gasteiger partial charge in [0.15, 0.2) is 0 Å². The Balaban J connectivity index is 2.20. The maximum atomic E-state index is 10.9. The highest BCUT2D eigenvalue weighted by Gasteiger charge is 2.12. The van der Waals surface area contributed by atoms with Crippen molar-refractivity contribution in [1.82, 2.24) is 0 Å². The van der Waals surface area contributed by atoms with E-state index in [1.807, 2.05) is 24.3 Å². The Morgan fingerprint density at radius 2 is 1.67 bits per heavy atom. The van der Waals surface area contributed by atoms with Crippen LogP contribution in [0.2, 0.25) is 6.55 Å². The first-order valence-corrected chi connectivity index (χ1v) is 8.86. The zero-order chi connectivity index (χ0) is 15.2. The van der Waals surface area contributed by atoms with Gasteiger partial charge in [-0.1, -0.05) is 65.5 Å². The minimum absolute atomic E-state index is 0.0650. The lowest BCUT2D eigenvalue weighted by Gasteiger charge is -2.13. The molecule has 0 bridgehead atoms. The third-order valence-corrected chi connectivity index (χ3v) is 5.70. The third kappa shape index (κ3) is 4.28. The van der Waals surface area contributed by atoms with E-state index in [1.54, 1.807) is 0 Å². The van der Waals surface area contributed by atoms with Crippen LogP contribution in [0.3, 0.4) is 0 Å². The van der Waals surface area contributed by atoms with Gasteiger partial charge in [-0.25, -0.2) is 0 Å². The van der Waals surface area contributed by atoms with Gasteiger partial charge in [0.05, 0.1) is 6.61 Å². The Hall–Kier alpha value is -1.91. The lowest BCUT2D eigenvalue weighted by molar-refractivity contribution is -0.142. The second-order valence-corrected chi connectivity index (χ2v) is 7.37. The molecule has 3 nitrogen and oxygen atoms in total. The zero-order valence-electron chi connectivity index (χ0n) is 12.3. The molecular weight excluding hydrogens is 280 g/mol. The Morgan fingerprint density at radius 3 is 2.24 bits per heavy atom. The number of rotatable bonds is 5. The van der Waals surface area contributed by atoms with Crippen LogP contribution in [0.5, 0.6) is 0 Å². The van der Waals surface area contributed by atoms with Crippen LogP contribution in [0, 0.1) is 0 Å². The number of ether oxygens (including phenoxy) is 1. The number of carbonyl (C=O) groups excluding carboxylic acids is 1. The number of hydrogen-bond donors (Lipinski definition) is 1. The van der Waals surface area contributed by atoms with Crippen molar-refractivity contribution >= 4 is 25.1 Å². The Morgan fingerprint density at radius 1 is 1.10 bits per heavy atom. The number of benzene rings is 2. The van der Waals surface area contributed by atoms with Crippen molar-refractivity contribution in [3.8, 4) is 0 Å². The van der Waals surface area contributed by atoms with E-state index < -0.39 is 8.80 Å². The standard InChI is InChI=1S/C17H19O3Si/c1-13(19)20-12-15-6-4-8-17(10-15)21(2)16-7-3-5-14(9-16)11-18/h3-10,18H,11-12H2,1-2H3. The molecule has 2 aromatic carbocycles. The largest absolute Gasteiger partial charge is 0.461 e. The topological polar surface area (TPSA) is 46.5 Å². The molecule has 0 heterocycles. The SMILES string of the molecule is CC(=O)OCc1cccc([Si](C)c2cccc(CO)c2)c1. The molecule has 0 unspecified atom stereocenters. The summed E-state index contributed by atoms with van der Waals surface area (Å²) in [5.41, 5.74) is 1.94. The van der Waals surface area contributed by atoms with Gasteiger partial charge in [-0.2, -0.15) is 0 Å². The normalized spacial score (nSPS) is 10.7. The van der Waals surface area contributed by atoms with Crippen LogP contribution >= 0.6 is 0 Å². The van der Waals surface area contributed by atoms with Gasteiger partial charge in [0.1, 0.15) is 15.4 Å². The summed E-state index contributed by atoms with van der Waals surface area (Å²) in [4.78, 5) is 10.9. The zero-order valence-corrected chi connectivity index (χ0v) is 13.3. The first-order valence-electron chi connectivity index (χ1n) is 6.86. The van der Waals surface area contributed by atoms with Crippen LogP contribution in [0.1, 0.15) is 18.1 Å².